The molecule has 7 nitrogen and oxygen atoms in total. The molecule has 2 aromatic carbocycles. The Bertz CT molecular complexity index is 1140. The minimum atomic E-state index is 0.265. The van der Waals surface area contributed by atoms with Crippen molar-refractivity contribution in [3.05, 3.63) is 65.6 Å². The molecule has 1 aliphatic rings. The number of rotatable bonds is 4. The van der Waals surface area contributed by atoms with Gasteiger partial charge in [-0.15, -0.1) is 0 Å². The third-order valence-corrected chi connectivity index (χ3v) is 4.55. The number of hydrogen-bond acceptors (Lipinski definition) is 6. The summed E-state index contributed by atoms with van der Waals surface area (Å²) in [6.45, 7) is 0.854. The van der Waals surface area contributed by atoms with Crippen LogP contribution in [0.5, 0.6) is 11.5 Å². The molecule has 0 aliphatic carbocycles. The van der Waals surface area contributed by atoms with Crippen molar-refractivity contribution in [1.82, 2.24) is 19.7 Å². The van der Waals surface area contributed by atoms with E-state index in [1.807, 2.05) is 42.5 Å². The molecule has 0 spiro atoms. The molecule has 1 N–H and O–H groups in total. The van der Waals surface area contributed by atoms with E-state index >= 15 is 0 Å². The molecule has 0 radical (unpaired) electrons. The Morgan fingerprint density at radius 1 is 1.07 bits per heavy atom. The van der Waals surface area contributed by atoms with Crippen molar-refractivity contribution < 1.29 is 9.47 Å². The molecule has 134 valence electrons. The van der Waals surface area contributed by atoms with E-state index in [4.69, 9.17) is 21.1 Å². The summed E-state index contributed by atoms with van der Waals surface area (Å²) in [5, 5.41) is 9.27. The highest BCUT2D eigenvalue weighted by Gasteiger charge is 2.14. The van der Waals surface area contributed by atoms with Crippen molar-refractivity contribution in [3.8, 4) is 17.2 Å². The molecule has 0 amide bonds. The molecule has 0 atom stereocenters. The van der Waals surface area contributed by atoms with Gasteiger partial charge in [0.05, 0.1) is 17.3 Å². The van der Waals surface area contributed by atoms with Crippen molar-refractivity contribution in [2.45, 2.75) is 6.54 Å². The number of ether oxygens (including phenoxy) is 2. The lowest BCUT2D eigenvalue weighted by molar-refractivity contribution is 0.174. The van der Waals surface area contributed by atoms with Crippen molar-refractivity contribution in [2.24, 2.45) is 0 Å². The van der Waals surface area contributed by atoms with Crippen LogP contribution in [0.4, 0.5) is 5.82 Å². The van der Waals surface area contributed by atoms with E-state index in [9.17, 15) is 0 Å². The number of aromatic nitrogens is 4. The van der Waals surface area contributed by atoms with Gasteiger partial charge in [0.15, 0.2) is 17.1 Å². The monoisotopic (exact) mass is 379 g/mol. The number of nitrogens with one attached hydrogen (secondary N) is 1. The molecule has 0 bridgehead atoms. The Morgan fingerprint density at radius 3 is 2.93 bits per heavy atom. The van der Waals surface area contributed by atoms with Gasteiger partial charge in [-0.3, -0.25) is 0 Å². The van der Waals surface area contributed by atoms with Gasteiger partial charge in [0, 0.05) is 11.6 Å². The first-order chi connectivity index (χ1) is 13.3. The Morgan fingerprint density at radius 2 is 2.00 bits per heavy atom. The Hall–Kier alpha value is -3.32. The van der Waals surface area contributed by atoms with Gasteiger partial charge in [-0.1, -0.05) is 23.7 Å². The smallest absolute Gasteiger partial charge is 0.231 e. The predicted octanol–water partition coefficient (Wildman–Crippen LogP) is 3.81. The van der Waals surface area contributed by atoms with Crippen LogP contribution in [0.2, 0.25) is 5.02 Å². The number of benzene rings is 2. The highest BCUT2D eigenvalue weighted by Crippen LogP contribution is 2.32. The maximum atomic E-state index is 6.10. The summed E-state index contributed by atoms with van der Waals surface area (Å²) in [6, 6.07) is 13.3. The van der Waals surface area contributed by atoms with Crippen molar-refractivity contribution >= 4 is 28.5 Å². The second-order valence-electron chi connectivity index (χ2n) is 6.04. The zero-order chi connectivity index (χ0) is 18.2. The fourth-order valence-electron chi connectivity index (χ4n) is 3.02. The molecular formula is C19H14ClN5O2. The zero-order valence-electron chi connectivity index (χ0n) is 14.1. The van der Waals surface area contributed by atoms with E-state index < -0.39 is 0 Å². The molecule has 5 rings (SSSR count). The van der Waals surface area contributed by atoms with Crippen LogP contribution in [0, 0.1) is 0 Å². The lowest BCUT2D eigenvalue weighted by Gasteiger charge is -2.08. The third kappa shape index (κ3) is 2.92. The van der Waals surface area contributed by atoms with Gasteiger partial charge in [0.1, 0.15) is 12.1 Å². The minimum Gasteiger partial charge on any atom is -0.454 e. The lowest BCUT2D eigenvalue weighted by atomic mass is 10.2. The summed E-state index contributed by atoms with van der Waals surface area (Å²) in [6.07, 6.45) is 3.27. The van der Waals surface area contributed by atoms with Gasteiger partial charge >= 0.3 is 0 Å². The van der Waals surface area contributed by atoms with Crippen LogP contribution in [0.1, 0.15) is 5.56 Å². The molecule has 1 aliphatic heterocycles. The SMILES string of the molecule is Clc1cccc(-n2ncc3c(NCc4ccc5c(c4)OCO5)ncnc32)c1. The fourth-order valence-corrected chi connectivity index (χ4v) is 3.20. The molecule has 3 heterocycles. The molecule has 0 unspecified atom stereocenters. The van der Waals surface area contributed by atoms with Crippen LogP contribution in [0.3, 0.4) is 0 Å². The van der Waals surface area contributed by atoms with Crippen LogP contribution >= 0.6 is 11.6 Å². The summed E-state index contributed by atoms with van der Waals surface area (Å²) >= 11 is 6.10. The predicted molar refractivity (Wildman–Crippen MR) is 102 cm³/mol. The average molecular weight is 380 g/mol. The normalized spacial score (nSPS) is 12.5. The second-order valence-corrected chi connectivity index (χ2v) is 6.47. The maximum absolute atomic E-state index is 6.10. The molecule has 0 saturated heterocycles. The highest BCUT2D eigenvalue weighted by molar-refractivity contribution is 6.30. The Balaban J connectivity index is 1.44. The van der Waals surface area contributed by atoms with Gasteiger partial charge in [-0.2, -0.15) is 5.10 Å². The standard InChI is InChI=1S/C19H14ClN5O2/c20-13-2-1-3-14(7-13)25-19-15(9-24-25)18(22-10-23-19)21-8-12-4-5-16-17(6-12)27-11-26-16/h1-7,9-10H,8,11H2,(H,21,22,23). The lowest BCUT2D eigenvalue weighted by Crippen LogP contribution is -2.03. The van der Waals surface area contributed by atoms with Gasteiger partial charge in [0.25, 0.3) is 0 Å². The minimum absolute atomic E-state index is 0.265. The third-order valence-electron chi connectivity index (χ3n) is 4.32. The van der Waals surface area contributed by atoms with Gasteiger partial charge in [0.2, 0.25) is 6.79 Å². The van der Waals surface area contributed by atoms with Crippen LogP contribution in [-0.2, 0) is 6.54 Å². The largest absolute Gasteiger partial charge is 0.454 e. The molecule has 27 heavy (non-hydrogen) atoms. The number of halogens is 1. The first kappa shape index (κ1) is 15.9. The van der Waals surface area contributed by atoms with Crippen LogP contribution in [-0.4, -0.2) is 26.5 Å². The van der Waals surface area contributed by atoms with E-state index in [0.29, 0.717) is 23.0 Å². The first-order valence-corrected chi connectivity index (χ1v) is 8.73. The topological polar surface area (TPSA) is 74.1 Å². The molecule has 8 heteroatoms. The van der Waals surface area contributed by atoms with Crippen LogP contribution in [0.25, 0.3) is 16.7 Å². The van der Waals surface area contributed by atoms with E-state index in [1.54, 1.807) is 10.9 Å². The molecule has 0 fully saturated rings. The van der Waals surface area contributed by atoms with Gasteiger partial charge in [-0.05, 0) is 35.9 Å². The summed E-state index contributed by atoms with van der Waals surface area (Å²) in [5.41, 5.74) is 2.62. The number of anilines is 1. The van der Waals surface area contributed by atoms with Gasteiger partial charge in [-0.25, -0.2) is 14.6 Å². The summed E-state index contributed by atoms with van der Waals surface area (Å²) in [5.74, 6) is 2.24. The number of hydrogen-bond donors (Lipinski definition) is 1. The van der Waals surface area contributed by atoms with Crippen molar-refractivity contribution in [1.29, 1.82) is 0 Å². The average Bonchev–Trinajstić information content (AvgIpc) is 3.33. The Kier molecular flexibility index (Phi) is 3.79. The van der Waals surface area contributed by atoms with Crippen LogP contribution < -0.4 is 14.8 Å². The summed E-state index contributed by atoms with van der Waals surface area (Å²) < 4.78 is 12.5. The number of fused-ring (bicyclic) bond motifs is 2. The molecule has 4 aromatic rings. The van der Waals surface area contributed by atoms with Gasteiger partial charge < -0.3 is 14.8 Å². The zero-order valence-corrected chi connectivity index (χ0v) is 14.8. The summed E-state index contributed by atoms with van der Waals surface area (Å²) in [7, 11) is 0. The molecule has 2 aromatic heterocycles. The van der Waals surface area contributed by atoms with E-state index in [0.717, 1.165) is 28.1 Å². The van der Waals surface area contributed by atoms with E-state index in [2.05, 4.69) is 20.4 Å². The number of nitrogens with zero attached hydrogens (tertiary/aromatic N) is 4. The second kappa shape index (κ2) is 6.44. The van der Waals surface area contributed by atoms with Crippen molar-refractivity contribution in [2.75, 3.05) is 12.1 Å². The molecule has 0 saturated carbocycles. The van der Waals surface area contributed by atoms with Crippen LogP contribution in [0.15, 0.2) is 55.0 Å². The Labute approximate surface area is 159 Å². The van der Waals surface area contributed by atoms with E-state index in [-0.39, 0.29) is 6.79 Å². The quantitative estimate of drug-likeness (QED) is 0.581. The van der Waals surface area contributed by atoms with E-state index in [1.165, 1.54) is 6.33 Å². The first-order valence-electron chi connectivity index (χ1n) is 8.35. The summed E-state index contributed by atoms with van der Waals surface area (Å²) in [4.78, 5) is 8.74. The van der Waals surface area contributed by atoms with Crippen molar-refractivity contribution in [3.63, 3.8) is 0 Å². The fraction of sp³-hybridized carbons (Fsp3) is 0.105. The highest BCUT2D eigenvalue weighted by atomic mass is 35.5. The molecular weight excluding hydrogens is 366 g/mol. The maximum Gasteiger partial charge on any atom is 0.231 e.